The first-order valence-electron chi connectivity index (χ1n) is 9.06. The molecule has 3 rings (SSSR count). The van der Waals surface area contributed by atoms with Crippen LogP contribution in [0.15, 0.2) is 59.5 Å². The second-order valence-electron chi connectivity index (χ2n) is 6.94. The Morgan fingerprint density at radius 3 is 2.07 bits per heavy atom. The van der Waals surface area contributed by atoms with E-state index in [-0.39, 0.29) is 10.8 Å². The quantitative estimate of drug-likeness (QED) is 0.744. The number of hydrogen-bond acceptors (Lipinski definition) is 4. The number of carbonyl (C=O) groups is 1. The van der Waals surface area contributed by atoms with Gasteiger partial charge in [0, 0.05) is 45.3 Å². The monoisotopic (exact) mass is 421 g/mol. The van der Waals surface area contributed by atoms with E-state index >= 15 is 0 Å². The zero-order valence-corrected chi connectivity index (χ0v) is 17.5. The summed E-state index contributed by atoms with van der Waals surface area (Å²) in [6.45, 7) is 1.61. The van der Waals surface area contributed by atoms with E-state index < -0.39 is 16.1 Å². The molecular formula is C20H24ClN3O3S. The lowest BCUT2D eigenvalue weighted by Gasteiger charge is -2.39. The van der Waals surface area contributed by atoms with Gasteiger partial charge in [0.2, 0.25) is 15.9 Å². The molecule has 28 heavy (non-hydrogen) atoms. The van der Waals surface area contributed by atoms with Gasteiger partial charge in [0.25, 0.3) is 0 Å². The minimum atomic E-state index is -3.58. The van der Waals surface area contributed by atoms with Crippen LogP contribution in [0.2, 0.25) is 5.02 Å². The van der Waals surface area contributed by atoms with Crippen LogP contribution in [0.25, 0.3) is 0 Å². The molecule has 150 valence electrons. The SMILES string of the molecule is CN(C)C(=O)[C@H](c1ccccc1)N1CCN(S(=O)(=O)c2ccc(Cl)cc2)CC1. The minimum Gasteiger partial charge on any atom is -0.347 e. The molecule has 0 unspecified atom stereocenters. The van der Waals surface area contributed by atoms with E-state index in [0.29, 0.717) is 31.2 Å². The topological polar surface area (TPSA) is 60.9 Å². The van der Waals surface area contributed by atoms with Crippen LogP contribution in [-0.2, 0) is 14.8 Å². The van der Waals surface area contributed by atoms with Crippen molar-refractivity contribution >= 4 is 27.5 Å². The fourth-order valence-electron chi connectivity index (χ4n) is 3.35. The third kappa shape index (κ3) is 4.38. The molecule has 8 heteroatoms. The third-order valence-electron chi connectivity index (χ3n) is 4.88. The second kappa shape index (κ2) is 8.61. The maximum absolute atomic E-state index is 12.9. The highest BCUT2D eigenvalue weighted by Crippen LogP contribution is 2.26. The van der Waals surface area contributed by atoms with Crippen LogP contribution >= 0.6 is 11.6 Å². The lowest BCUT2D eigenvalue weighted by molar-refractivity contribution is -0.135. The summed E-state index contributed by atoms with van der Waals surface area (Å²) in [5.74, 6) is -0.0137. The molecule has 0 bridgehead atoms. The van der Waals surface area contributed by atoms with Crippen LogP contribution in [0, 0.1) is 0 Å². The van der Waals surface area contributed by atoms with Crippen molar-refractivity contribution in [1.82, 2.24) is 14.1 Å². The summed E-state index contributed by atoms with van der Waals surface area (Å²) in [6, 6.07) is 15.4. The van der Waals surface area contributed by atoms with Crippen molar-refractivity contribution in [2.75, 3.05) is 40.3 Å². The number of rotatable bonds is 5. The van der Waals surface area contributed by atoms with Crippen LogP contribution in [-0.4, -0.2) is 68.7 Å². The Bertz CT molecular complexity index is 909. The van der Waals surface area contributed by atoms with Crippen molar-refractivity contribution in [2.24, 2.45) is 0 Å². The van der Waals surface area contributed by atoms with E-state index in [1.165, 1.54) is 16.4 Å². The predicted molar refractivity (Wildman–Crippen MR) is 110 cm³/mol. The molecule has 0 radical (unpaired) electrons. The number of piperazine rings is 1. The number of hydrogen-bond donors (Lipinski definition) is 0. The van der Waals surface area contributed by atoms with Crippen molar-refractivity contribution in [2.45, 2.75) is 10.9 Å². The Morgan fingerprint density at radius 1 is 0.964 bits per heavy atom. The van der Waals surface area contributed by atoms with Gasteiger partial charge in [-0.05, 0) is 29.8 Å². The van der Waals surface area contributed by atoms with Gasteiger partial charge in [0.05, 0.1) is 4.90 Å². The maximum Gasteiger partial charge on any atom is 0.244 e. The van der Waals surface area contributed by atoms with E-state index in [2.05, 4.69) is 0 Å². The van der Waals surface area contributed by atoms with E-state index in [4.69, 9.17) is 11.6 Å². The first-order valence-corrected chi connectivity index (χ1v) is 10.9. The van der Waals surface area contributed by atoms with Gasteiger partial charge in [-0.15, -0.1) is 0 Å². The number of likely N-dealkylation sites (N-methyl/N-ethyl adjacent to an activating group) is 1. The van der Waals surface area contributed by atoms with Gasteiger partial charge in [-0.3, -0.25) is 9.69 Å². The smallest absolute Gasteiger partial charge is 0.244 e. The summed E-state index contributed by atoms with van der Waals surface area (Å²) in [6.07, 6.45) is 0. The van der Waals surface area contributed by atoms with E-state index in [1.54, 1.807) is 31.1 Å². The number of benzene rings is 2. The lowest BCUT2D eigenvalue weighted by atomic mass is 10.0. The van der Waals surface area contributed by atoms with E-state index in [1.807, 2.05) is 35.2 Å². The average Bonchev–Trinajstić information content (AvgIpc) is 2.69. The highest BCUT2D eigenvalue weighted by atomic mass is 35.5. The Labute approximate surface area is 171 Å². The maximum atomic E-state index is 12.9. The van der Waals surface area contributed by atoms with Gasteiger partial charge in [0.15, 0.2) is 0 Å². The molecule has 1 aliphatic rings. The van der Waals surface area contributed by atoms with Crippen molar-refractivity contribution in [3.63, 3.8) is 0 Å². The van der Waals surface area contributed by atoms with Gasteiger partial charge in [-0.1, -0.05) is 41.9 Å². The number of amides is 1. The Balaban J connectivity index is 1.77. The summed E-state index contributed by atoms with van der Waals surface area (Å²) < 4.78 is 27.2. The molecule has 1 atom stereocenters. The molecule has 0 N–H and O–H groups in total. The fraction of sp³-hybridized carbons (Fsp3) is 0.350. The van der Waals surface area contributed by atoms with Crippen molar-refractivity contribution < 1.29 is 13.2 Å². The Morgan fingerprint density at radius 2 is 1.54 bits per heavy atom. The molecule has 2 aromatic rings. The summed E-state index contributed by atoms with van der Waals surface area (Å²) in [7, 11) is -0.105. The Hall–Kier alpha value is -1.93. The van der Waals surface area contributed by atoms with Crippen LogP contribution < -0.4 is 0 Å². The molecule has 0 saturated carbocycles. The van der Waals surface area contributed by atoms with Gasteiger partial charge < -0.3 is 4.90 Å². The molecule has 6 nitrogen and oxygen atoms in total. The number of halogens is 1. The first-order chi connectivity index (χ1) is 13.3. The molecule has 2 aromatic carbocycles. The summed E-state index contributed by atoms with van der Waals surface area (Å²) in [5, 5.41) is 0.497. The molecule has 1 saturated heterocycles. The molecule has 0 aromatic heterocycles. The van der Waals surface area contributed by atoms with Crippen molar-refractivity contribution in [1.29, 1.82) is 0 Å². The highest BCUT2D eigenvalue weighted by molar-refractivity contribution is 7.89. The second-order valence-corrected chi connectivity index (χ2v) is 9.31. The Kier molecular flexibility index (Phi) is 6.40. The normalized spacial score (nSPS) is 17.2. The van der Waals surface area contributed by atoms with Crippen molar-refractivity contribution in [3.05, 3.63) is 65.2 Å². The van der Waals surface area contributed by atoms with Crippen LogP contribution in [0.5, 0.6) is 0 Å². The van der Waals surface area contributed by atoms with Crippen LogP contribution in [0.3, 0.4) is 0 Å². The van der Waals surface area contributed by atoms with Gasteiger partial charge in [-0.25, -0.2) is 8.42 Å². The van der Waals surface area contributed by atoms with Gasteiger partial charge in [0.1, 0.15) is 6.04 Å². The van der Waals surface area contributed by atoms with E-state index in [9.17, 15) is 13.2 Å². The molecule has 1 fully saturated rings. The summed E-state index contributed by atoms with van der Waals surface area (Å²) in [4.78, 5) is 16.7. The summed E-state index contributed by atoms with van der Waals surface area (Å²) in [5.41, 5.74) is 0.912. The number of sulfonamides is 1. The third-order valence-corrected chi connectivity index (χ3v) is 7.04. The zero-order valence-electron chi connectivity index (χ0n) is 16.0. The average molecular weight is 422 g/mol. The molecular weight excluding hydrogens is 398 g/mol. The van der Waals surface area contributed by atoms with Gasteiger partial charge in [-0.2, -0.15) is 4.31 Å². The van der Waals surface area contributed by atoms with Crippen molar-refractivity contribution in [3.8, 4) is 0 Å². The van der Waals surface area contributed by atoms with Crippen LogP contribution in [0.4, 0.5) is 0 Å². The number of carbonyl (C=O) groups excluding carboxylic acids is 1. The molecule has 0 aliphatic carbocycles. The van der Waals surface area contributed by atoms with Crippen LogP contribution in [0.1, 0.15) is 11.6 Å². The first kappa shape index (κ1) is 20.8. The van der Waals surface area contributed by atoms with E-state index in [0.717, 1.165) is 5.56 Å². The molecule has 1 amide bonds. The summed E-state index contributed by atoms with van der Waals surface area (Å²) >= 11 is 5.86. The molecule has 1 heterocycles. The highest BCUT2D eigenvalue weighted by Gasteiger charge is 2.34. The minimum absolute atomic E-state index is 0.0137. The predicted octanol–water partition coefficient (Wildman–Crippen LogP) is 2.48. The molecule has 0 spiro atoms. The number of nitrogens with zero attached hydrogens (tertiary/aromatic N) is 3. The fourth-order valence-corrected chi connectivity index (χ4v) is 4.90. The largest absolute Gasteiger partial charge is 0.347 e. The molecule has 1 aliphatic heterocycles. The standard InChI is InChI=1S/C20H24ClN3O3S/c1-22(2)20(25)19(16-6-4-3-5-7-16)23-12-14-24(15-13-23)28(26,27)18-10-8-17(21)9-11-18/h3-11,19H,12-15H2,1-2H3/t19-/m0/s1. The lowest BCUT2D eigenvalue weighted by Crippen LogP contribution is -2.52. The van der Waals surface area contributed by atoms with Gasteiger partial charge >= 0.3 is 0 Å². The zero-order chi connectivity index (χ0) is 20.3.